The first-order valence-corrected chi connectivity index (χ1v) is 15.7. The van der Waals surface area contributed by atoms with Crippen molar-refractivity contribution in [2.24, 2.45) is 0 Å². The first-order chi connectivity index (χ1) is 20.5. The molecule has 7 N–H and O–H groups in total. The van der Waals surface area contributed by atoms with Crippen LogP contribution in [-0.2, 0) is 33.6 Å². The lowest BCUT2D eigenvalue weighted by Gasteiger charge is -2.14. The largest absolute Gasteiger partial charge is 0.487 e. The van der Waals surface area contributed by atoms with Gasteiger partial charge < -0.3 is 21.5 Å². The van der Waals surface area contributed by atoms with Crippen molar-refractivity contribution < 1.29 is 39.4 Å². The molecule has 0 radical (unpaired) electrons. The van der Waals surface area contributed by atoms with E-state index in [-0.39, 0.29) is 30.5 Å². The molecule has 0 aliphatic carbocycles. The lowest BCUT2D eigenvalue weighted by molar-refractivity contribution is 0.0954. The number of hydrogen-bond donors (Lipinski definition) is 5. The van der Waals surface area contributed by atoms with Gasteiger partial charge >= 0.3 is 20.6 Å². The van der Waals surface area contributed by atoms with Crippen LogP contribution in [0, 0.1) is 0 Å². The van der Waals surface area contributed by atoms with Crippen molar-refractivity contribution in [1.82, 2.24) is 15.3 Å². The predicted octanol–water partition coefficient (Wildman–Crippen LogP) is 4.17. The van der Waals surface area contributed by atoms with Crippen molar-refractivity contribution in [1.29, 1.82) is 0 Å². The molecule has 44 heavy (non-hydrogen) atoms. The first-order valence-electron chi connectivity index (χ1n) is 12.1. The molecule has 0 bridgehead atoms. The number of hydrogen-bond acceptors (Lipinski definition) is 10. The molecule has 13 nitrogen and oxygen atoms in total. The topological polar surface area (TPSA) is 225 Å². The highest BCUT2D eigenvalue weighted by Gasteiger charge is 2.17. The fraction of sp³-hybridized carbons (Fsp3) is 0.115. The maximum atomic E-state index is 13.2. The molecule has 1 amide bonds. The number of amides is 1. The van der Waals surface area contributed by atoms with Crippen LogP contribution in [0.1, 0.15) is 21.6 Å². The fourth-order valence-corrected chi connectivity index (χ4v) is 4.54. The molecule has 0 fully saturated rings. The van der Waals surface area contributed by atoms with E-state index in [1.165, 1.54) is 12.1 Å². The number of carbonyl (C=O) groups is 1. The molecule has 18 heteroatoms. The molecule has 0 spiro atoms. The number of nitrogen functional groups attached to an aromatic ring is 2. The van der Waals surface area contributed by atoms with E-state index in [1.54, 1.807) is 30.3 Å². The molecule has 0 unspecified atom stereocenters. The fourth-order valence-electron chi connectivity index (χ4n) is 3.73. The van der Waals surface area contributed by atoms with E-state index in [0.717, 1.165) is 17.7 Å². The van der Waals surface area contributed by atoms with Gasteiger partial charge in [0.2, 0.25) is 5.95 Å². The highest BCUT2D eigenvalue weighted by molar-refractivity contribution is 7.86. The highest BCUT2D eigenvalue weighted by Crippen LogP contribution is 2.33. The summed E-state index contributed by atoms with van der Waals surface area (Å²) < 4.78 is 72.8. The van der Waals surface area contributed by atoms with Gasteiger partial charge in [-0.05, 0) is 60.0 Å². The molecule has 1 aromatic heterocycles. The van der Waals surface area contributed by atoms with Gasteiger partial charge in [-0.2, -0.15) is 21.8 Å². The number of anilines is 2. The quantitative estimate of drug-likeness (QED) is 0.123. The van der Waals surface area contributed by atoms with Gasteiger partial charge in [0.25, 0.3) is 5.91 Å². The third-order valence-corrected chi connectivity index (χ3v) is 7.17. The summed E-state index contributed by atoms with van der Waals surface area (Å²) in [6.45, 7) is 0.327. The normalized spacial score (nSPS) is 11.3. The van der Waals surface area contributed by atoms with Gasteiger partial charge in [0.05, 0.1) is 20.6 Å². The predicted molar refractivity (Wildman–Crippen MR) is 162 cm³/mol. The van der Waals surface area contributed by atoms with Gasteiger partial charge in [-0.15, -0.1) is 3.89 Å². The summed E-state index contributed by atoms with van der Waals surface area (Å²) in [6, 6.07) is 17.0. The van der Waals surface area contributed by atoms with Gasteiger partial charge in [-0.25, -0.2) is 4.98 Å². The van der Waals surface area contributed by atoms with Crippen molar-refractivity contribution in [2.45, 2.75) is 17.9 Å². The highest BCUT2D eigenvalue weighted by atomic mass is 35.5. The SMILES string of the molecule is Nc1nc(N)c(-c2ccc(Cl)c(Cl)c2)c(COc2ccc(CCNC(=O)c3cccc(S(=O)(=O)F)c3)cc2)n1.O=S(=O)(O)O. The van der Waals surface area contributed by atoms with Crippen LogP contribution in [0.3, 0.4) is 0 Å². The second kappa shape index (κ2) is 14.6. The maximum absolute atomic E-state index is 13.2. The van der Waals surface area contributed by atoms with Gasteiger partial charge in [0.1, 0.15) is 18.2 Å². The van der Waals surface area contributed by atoms with E-state index in [1.807, 2.05) is 12.1 Å². The zero-order valence-corrected chi connectivity index (χ0v) is 25.5. The average molecular weight is 689 g/mol. The van der Waals surface area contributed by atoms with Crippen LogP contribution in [0.2, 0.25) is 10.0 Å². The molecule has 0 saturated carbocycles. The molecule has 234 valence electrons. The molecule has 1 heterocycles. The molecule has 3 aromatic carbocycles. The van der Waals surface area contributed by atoms with Crippen LogP contribution in [0.5, 0.6) is 5.75 Å². The number of nitrogens with one attached hydrogen (secondary N) is 1. The number of carbonyl (C=O) groups excluding carboxylic acids is 1. The van der Waals surface area contributed by atoms with Crippen molar-refractivity contribution in [3.8, 4) is 16.9 Å². The van der Waals surface area contributed by atoms with Crippen molar-refractivity contribution in [3.63, 3.8) is 0 Å². The summed E-state index contributed by atoms with van der Waals surface area (Å²) in [4.78, 5) is 20.1. The molecular weight excluding hydrogens is 664 g/mol. The Bertz CT molecular complexity index is 1870. The Labute approximate surface area is 261 Å². The van der Waals surface area contributed by atoms with Gasteiger partial charge in [0, 0.05) is 17.7 Å². The van der Waals surface area contributed by atoms with Crippen molar-refractivity contribution in [2.75, 3.05) is 18.0 Å². The zero-order valence-electron chi connectivity index (χ0n) is 22.3. The molecular formula is C26H24Cl2FN5O8S2. The third kappa shape index (κ3) is 10.6. The summed E-state index contributed by atoms with van der Waals surface area (Å²) in [7, 11) is -9.56. The van der Waals surface area contributed by atoms with Crippen LogP contribution in [0.4, 0.5) is 15.7 Å². The van der Waals surface area contributed by atoms with Crippen LogP contribution in [-0.4, -0.2) is 48.4 Å². The van der Waals surface area contributed by atoms with Gasteiger partial charge in [-0.1, -0.05) is 47.5 Å². The van der Waals surface area contributed by atoms with E-state index in [4.69, 9.17) is 56.9 Å². The minimum Gasteiger partial charge on any atom is -0.487 e. The first kappa shape index (κ1) is 34.4. The minimum absolute atomic E-state index is 0.00495. The second-order valence-electron chi connectivity index (χ2n) is 8.77. The maximum Gasteiger partial charge on any atom is 0.394 e. The molecule has 4 aromatic rings. The molecule has 0 saturated heterocycles. The summed E-state index contributed by atoms with van der Waals surface area (Å²) in [5.74, 6) is 0.227. The van der Waals surface area contributed by atoms with Gasteiger partial charge in [0.15, 0.2) is 0 Å². The summed E-state index contributed by atoms with van der Waals surface area (Å²) in [5, 5.41) is 3.43. The number of halogens is 3. The van der Waals surface area contributed by atoms with Crippen molar-refractivity contribution in [3.05, 3.63) is 93.6 Å². The third-order valence-electron chi connectivity index (χ3n) is 5.61. The number of rotatable bonds is 9. The number of nitrogens with two attached hydrogens (primary N) is 2. The number of aromatic nitrogens is 2. The van der Waals surface area contributed by atoms with E-state index >= 15 is 0 Å². The number of benzene rings is 3. The number of ether oxygens (including phenoxy) is 1. The summed E-state index contributed by atoms with van der Waals surface area (Å²) in [5.41, 5.74) is 14.5. The Balaban J connectivity index is 0.000000978. The Kier molecular flexibility index (Phi) is 11.4. The van der Waals surface area contributed by atoms with Crippen LogP contribution in [0.15, 0.2) is 71.6 Å². The zero-order chi connectivity index (χ0) is 32.7. The lowest BCUT2D eigenvalue weighted by Crippen LogP contribution is -2.25. The lowest BCUT2D eigenvalue weighted by atomic mass is 10.0. The molecule has 0 atom stereocenters. The summed E-state index contributed by atoms with van der Waals surface area (Å²) in [6.07, 6.45) is 0.494. The van der Waals surface area contributed by atoms with Crippen LogP contribution in [0.25, 0.3) is 11.1 Å². The monoisotopic (exact) mass is 687 g/mol. The van der Waals surface area contributed by atoms with E-state index in [9.17, 15) is 17.1 Å². The molecule has 0 aliphatic rings. The Morgan fingerprint density at radius 3 is 2.20 bits per heavy atom. The Morgan fingerprint density at radius 2 is 1.59 bits per heavy atom. The van der Waals surface area contributed by atoms with Crippen molar-refractivity contribution >= 4 is 61.5 Å². The minimum atomic E-state index is -4.89. The standard InChI is InChI=1S/C26H22Cl2FN5O4S.H2O4S/c27-20-9-6-16(13-21(20)28)23-22(33-26(31)34-24(23)30)14-38-18-7-4-15(5-8-18)10-11-32-25(35)17-2-1-3-19(12-17)39(29,36)37;1-5(2,3)4/h1-9,12-13H,10-11,14H2,(H,32,35)(H4,30,31,33,34);(H2,1,2,3,4). The van der Waals surface area contributed by atoms with Crippen LogP contribution < -0.4 is 21.5 Å². The van der Waals surface area contributed by atoms with E-state index in [0.29, 0.717) is 39.0 Å². The average Bonchev–Trinajstić information content (AvgIpc) is 2.92. The Hall–Kier alpha value is -4.06. The smallest absolute Gasteiger partial charge is 0.394 e. The van der Waals surface area contributed by atoms with Gasteiger partial charge in [-0.3, -0.25) is 13.9 Å². The second-order valence-corrected chi connectivity index (χ2v) is 11.8. The van der Waals surface area contributed by atoms with E-state index in [2.05, 4.69) is 15.3 Å². The number of nitrogens with zero attached hydrogens (tertiary/aromatic N) is 2. The molecule has 4 rings (SSSR count). The molecule has 0 aliphatic heterocycles. The summed E-state index contributed by atoms with van der Waals surface area (Å²) >= 11 is 12.2. The van der Waals surface area contributed by atoms with Crippen LogP contribution >= 0.6 is 23.2 Å². The Morgan fingerprint density at radius 1 is 0.932 bits per heavy atom. The van der Waals surface area contributed by atoms with E-state index < -0.39 is 31.4 Å².